The number of nitrogens with zero attached hydrogens (tertiary/aromatic N) is 4. The number of aromatic nitrogens is 4. The van der Waals surface area contributed by atoms with Crippen LogP contribution in [0, 0.1) is 5.92 Å². The summed E-state index contributed by atoms with van der Waals surface area (Å²) in [6.07, 6.45) is 5.09. The molecule has 0 aliphatic rings. The van der Waals surface area contributed by atoms with Crippen LogP contribution in [0.1, 0.15) is 19.8 Å². The molecule has 134 valence electrons. The van der Waals surface area contributed by atoms with Crippen molar-refractivity contribution in [3.63, 3.8) is 0 Å². The van der Waals surface area contributed by atoms with Gasteiger partial charge >= 0.3 is 7.82 Å². The fourth-order valence-electron chi connectivity index (χ4n) is 2.28. The third kappa shape index (κ3) is 4.90. The van der Waals surface area contributed by atoms with E-state index in [-0.39, 0.29) is 12.5 Å². The van der Waals surface area contributed by atoms with Crippen LogP contribution in [0.25, 0.3) is 11.2 Å². The Morgan fingerprint density at radius 3 is 2.79 bits per heavy atom. The second-order valence-corrected chi connectivity index (χ2v) is 7.28. The van der Waals surface area contributed by atoms with Crippen molar-refractivity contribution in [2.75, 3.05) is 25.2 Å². The standard InChI is InChI=1S/C13H22N5O4PS/c1-4-9(7-22-23(19,20)21)5-6-18-8-15-10-11(14-2)16-13(24-3)17-12(10)18/h8-9H,4-7H2,1-3H3,(H,14,16,17)(H2,19,20,21)/t9-/m0/s1. The molecule has 0 unspecified atom stereocenters. The van der Waals surface area contributed by atoms with Crippen LogP contribution in [0.3, 0.4) is 0 Å². The van der Waals surface area contributed by atoms with Gasteiger partial charge in [-0.2, -0.15) is 0 Å². The largest absolute Gasteiger partial charge is 0.469 e. The third-order valence-electron chi connectivity index (χ3n) is 3.70. The number of hydrogen-bond donors (Lipinski definition) is 3. The van der Waals surface area contributed by atoms with Crippen LogP contribution >= 0.6 is 19.6 Å². The van der Waals surface area contributed by atoms with Gasteiger partial charge in [0.05, 0.1) is 12.9 Å². The summed E-state index contributed by atoms with van der Waals surface area (Å²) in [6, 6.07) is 0. The predicted octanol–water partition coefficient (Wildman–Crippen LogP) is 2.12. The highest BCUT2D eigenvalue weighted by Crippen LogP contribution is 2.37. The number of phosphoric ester groups is 1. The van der Waals surface area contributed by atoms with Gasteiger partial charge < -0.3 is 19.7 Å². The highest BCUT2D eigenvalue weighted by molar-refractivity contribution is 7.98. The molecule has 0 fully saturated rings. The number of imidazole rings is 1. The molecule has 0 bridgehead atoms. The molecule has 0 saturated carbocycles. The van der Waals surface area contributed by atoms with Crippen molar-refractivity contribution in [3.8, 4) is 0 Å². The molecule has 0 amide bonds. The maximum Gasteiger partial charge on any atom is 0.469 e. The maximum absolute atomic E-state index is 10.8. The Labute approximate surface area is 144 Å². The number of thioether (sulfide) groups is 1. The molecule has 0 radical (unpaired) electrons. The summed E-state index contributed by atoms with van der Waals surface area (Å²) >= 11 is 1.46. The second kappa shape index (κ2) is 8.26. The molecule has 2 aromatic heterocycles. The fraction of sp³-hybridized carbons (Fsp3) is 0.615. The Balaban J connectivity index is 2.13. The van der Waals surface area contributed by atoms with Gasteiger partial charge in [-0.25, -0.2) is 19.5 Å². The van der Waals surface area contributed by atoms with E-state index in [0.717, 1.165) is 12.1 Å². The van der Waals surface area contributed by atoms with Crippen molar-refractivity contribution >= 4 is 36.6 Å². The van der Waals surface area contributed by atoms with Crippen LogP contribution < -0.4 is 5.32 Å². The molecule has 2 heterocycles. The van der Waals surface area contributed by atoms with E-state index in [4.69, 9.17) is 9.79 Å². The third-order valence-corrected chi connectivity index (χ3v) is 4.73. The number of phosphoric acid groups is 1. The van der Waals surface area contributed by atoms with E-state index in [1.807, 2.05) is 17.7 Å². The summed E-state index contributed by atoms with van der Waals surface area (Å²) in [5, 5.41) is 3.68. The molecule has 3 N–H and O–H groups in total. The van der Waals surface area contributed by atoms with E-state index in [1.165, 1.54) is 11.8 Å². The van der Waals surface area contributed by atoms with Crippen molar-refractivity contribution in [3.05, 3.63) is 6.33 Å². The monoisotopic (exact) mass is 375 g/mol. The molecular weight excluding hydrogens is 353 g/mol. The molecule has 0 spiro atoms. The van der Waals surface area contributed by atoms with E-state index >= 15 is 0 Å². The number of rotatable bonds is 9. The van der Waals surface area contributed by atoms with E-state index in [0.29, 0.717) is 29.5 Å². The minimum absolute atomic E-state index is 0.0280. The van der Waals surface area contributed by atoms with Crippen LogP contribution in [0.15, 0.2) is 11.5 Å². The lowest BCUT2D eigenvalue weighted by molar-refractivity contribution is 0.160. The van der Waals surface area contributed by atoms with Crippen molar-refractivity contribution in [2.24, 2.45) is 5.92 Å². The Kier molecular flexibility index (Phi) is 6.59. The molecule has 1 atom stereocenters. The molecule has 11 heteroatoms. The zero-order valence-corrected chi connectivity index (χ0v) is 15.5. The lowest BCUT2D eigenvalue weighted by atomic mass is 10.0. The van der Waals surface area contributed by atoms with Crippen LogP contribution in [-0.4, -0.2) is 49.2 Å². The summed E-state index contributed by atoms with van der Waals surface area (Å²) in [4.78, 5) is 30.9. The van der Waals surface area contributed by atoms with Gasteiger partial charge in [0.25, 0.3) is 0 Å². The molecule has 2 aromatic rings. The fourth-order valence-corrected chi connectivity index (χ4v) is 3.05. The summed E-state index contributed by atoms with van der Waals surface area (Å²) in [6.45, 7) is 2.63. The highest BCUT2D eigenvalue weighted by atomic mass is 32.2. The molecule has 0 aliphatic carbocycles. The van der Waals surface area contributed by atoms with Gasteiger partial charge in [-0.05, 0) is 18.6 Å². The highest BCUT2D eigenvalue weighted by Gasteiger charge is 2.18. The van der Waals surface area contributed by atoms with E-state index in [9.17, 15) is 4.57 Å². The minimum atomic E-state index is -4.43. The quantitative estimate of drug-likeness (QED) is 0.343. The number of anilines is 1. The maximum atomic E-state index is 10.8. The molecular formula is C13H22N5O4PS. The average molecular weight is 375 g/mol. The van der Waals surface area contributed by atoms with Crippen LogP contribution in [0.4, 0.5) is 5.82 Å². The lowest BCUT2D eigenvalue weighted by Crippen LogP contribution is -2.11. The molecule has 0 aliphatic heterocycles. The van der Waals surface area contributed by atoms with Gasteiger partial charge in [0.15, 0.2) is 16.6 Å². The average Bonchev–Trinajstić information content (AvgIpc) is 2.96. The van der Waals surface area contributed by atoms with Crippen LogP contribution in [0.5, 0.6) is 0 Å². The summed E-state index contributed by atoms with van der Waals surface area (Å²) in [5.41, 5.74) is 1.44. The van der Waals surface area contributed by atoms with Crippen molar-refractivity contribution < 1.29 is 18.9 Å². The van der Waals surface area contributed by atoms with Crippen LogP contribution in [0.2, 0.25) is 0 Å². The second-order valence-electron chi connectivity index (χ2n) is 5.27. The molecule has 9 nitrogen and oxygen atoms in total. The summed E-state index contributed by atoms with van der Waals surface area (Å²) in [5.74, 6) is 0.723. The van der Waals surface area contributed by atoms with E-state index in [1.54, 1.807) is 13.4 Å². The predicted molar refractivity (Wildman–Crippen MR) is 93.0 cm³/mol. The van der Waals surface area contributed by atoms with Crippen molar-refractivity contribution in [1.82, 2.24) is 19.5 Å². The Hall–Kier alpha value is -1.19. The normalized spacial score (nSPS) is 13.4. The zero-order chi connectivity index (χ0) is 17.7. The summed E-state index contributed by atoms with van der Waals surface area (Å²) < 4.78 is 17.4. The van der Waals surface area contributed by atoms with Gasteiger partial charge in [-0.3, -0.25) is 4.52 Å². The van der Waals surface area contributed by atoms with E-state index < -0.39 is 7.82 Å². The van der Waals surface area contributed by atoms with Gasteiger partial charge in [0.1, 0.15) is 5.52 Å². The van der Waals surface area contributed by atoms with Crippen molar-refractivity contribution in [1.29, 1.82) is 0 Å². The smallest absolute Gasteiger partial charge is 0.371 e. The van der Waals surface area contributed by atoms with Gasteiger partial charge in [-0.15, -0.1) is 0 Å². The number of nitrogens with one attached hydrogen (secondary N) is 1. The lowest BCUT2D eigenvalue weighted by Gasteiger charge is -2.15. The Morgan fingerprint density at radius 2 is 2.21 bits per heavy atom. The zero-order valence-electron chi connectivity index (χ0n) is 13.8. The first kappa shape index (κ1) is 19.1. The first-order chi connectivity index (χ1) is 11.4. The van der Waals surface area contributed by atoms with Gasteiger partial charge in [0, 0.05) is 13.6 Å². The first-order valence-electron chi connectivity index (χ1n) is 7.52. The minimum Gasteiger partial charge on any atom is -0.371 e. The van der Waals surface area contributed by atoms with Crippen LogP contribution in [-0.2, 0) is 15.6 Å². The number of aryl methyl sites for hydroxylation is 1. The van der Waals surface area contributed by atoms with Gasteiger partial charge in [0.2, 0.25) is 0 Å². The summed E-state index contributed by atoms with van der Waals surface area (Å²) in [7, 11) is -2.64. The molecule has 0 aromatic carbocycles. The van der Waals surface area contributed by atoms with E-state index in [2.05, 4.69) is 24.8 Å². The first-order valence-corrected chi connectivity index (χ1v) is 10.3. The molecule has 0 saturated heterocycles. The number of hydrogen-bond acceptors (Lipinski definition) is 7. The Morgan fingerprint density at radius 1 is 1.46 bits per heavy atom. The van der Waals surface area contributed by atoms with Gasteiger partial charge in [-0.1, -0.05) is 25.1 Å². The van der Waals surface area contributed by atoms with Crippen molar-refractivity contribution in [2.45, 2.75) is 31.5 Å². The topological polar surface area (TPSA) is 122 Å². The Bertz CT molecular complexity index is 734. The SMILES string of the molecule is CC[C@@H](CCn1cnc2c(NC)nc(SC)nc21)COP(=O)(O)O. The molecule has 2 rings (SSSR count). The molecule has 24 heavy (non-hydrogen) atoms. The number of fused-ring (bicyclic) bond motifs is 1.